The normalized spacial score (nSPS) is 13.2. The lowest BCUT2D eigenvalue weighted by molar-refractivity contribution is -0.119. The molecular formula is C21H25N3O4. The van der Waals surface area contributed by atoms with Crippen molar-refractivity contribution in [1.82, 2.24) is 5.43 Å². The van der Waals surface area contributed by atoms with E-state index in [4.69, 9.17) is 14.2 Å². The van der Waals surface area contributed by atoms with E-state index in [-0.39, 0.29) is 12.5 Å². The highest BCUT2D eigenvalue weighted by Crippen LogP contribution is 2.37. The Bertz CT molecular complexity index is 841. The van der Waals surface area contributed by atoms with E-state index in [0.29, 0.717) is 17.2 Å². The van der Waals surface area contributed by atoms with Gasteiger partial charge in [-0.3, -0.25) is 4.79 Å². The molecule has 28 heavy (non-hydrogen) atoms. The van der Waals surface area contributed by atoms with E-state index in [1.165, 1.54) is 5.56 Å². The van der Waals surface area contributed by atoms with Crippen molar-refractivity contribution in [3.63, 3.8) is 0 Å². The fourth-order valence-corrected chi connectivity index (χ4v) is 3.34. The number of nitrogens with one attached hydrogen (secondary N) is 1. The number of hydrogen-bond donors (Lipinski definition) is 1. The highest BCUT2D eigenvalue weighted by molar-refractivity contribution is 5.86. The van der Waals surface area contributed by atoms with E-state index in [0.717, 1.165) is 30.6 Å². The van der Waals surface area contributed by atoms with Gasteiger partial charge in [-0.15, -0.1) is 0 Å². The van der Waals surface area contributed by atoms with Gasteiger partial charge in [0.25, 0.3) is 5.91 Å². The number of anilines is 1. The predicted octanol–water partition coefficient (Wildman–Crippen LogP) is 2.62. The van der Waals surface area contributed by atoms with Crippen molar-refractivity contribution in [2.45, 2.75) is 12.8 Å². The van der Waals surface area contributed by atoms with E-state index < -0.39 is 0 Å². The number of hydrazone groups is 1. The number of fused-ring (bicyclic) bond motifs is 1. The summed E-state index contributed by atoms with van der Waals surface area (Å²) in [5, 5.41) is 4.07. The van der Waals surface area contributed by atoms with Gasteiger partial charge in [-0.05, 0) is 36.6 Å². The first kappa shape index (κ1) is 19.5. The molecule has 7 nitrogen and oxygen atoms in total. The maximum absolute atomic E-state index is 12.3. The Balaban J connectivity index is 1.64. The molecule has 3 rings (SSSR count). The Morgan fingerprint density at radius 2 is 1.86 bits per heavy atom. The molecule has 0 saturated carbocycles. The zero-order chi connectivity index (χ0) is 19.9. The van der Waals surface area contributed by atoms with Crippen molar-refractivity contribution in [2.24, 2.45) is 5.10 Å². The maximum Gasteiger partial charge on any atom is 0.259 e. The molecule has 1 heterocycles. The molecule has 1 aliphatic heterocycles. The average molecular weight is 383 g/mol. The zero-order valence-corrected chi connectivity index (χ0v) is 16.4. The SMILES string of the molecule is COc1cc(/C=N/NC(=O)CN2CCCc3ccccc32)cc(OC)c1OC. The van der Waals surface area contributed by atoms with E-state index >= 15 is 0 Å². The second kappa shape index (κ2) is 9.12. The third-order valence-corrected chi connectivity index (χ3v) is 4.63. The fourth-order valence-electron chi connectivity index (χ4n) is 3.34. The minimum Gasteiger partial charge on any atom is -0.493 e. The van der Waals surface area contributed by atoms with Gasteiger partial charge in [0.15, 0.2) is 11.5 Å². The quantitative estimate of drug-likeness (QED) is 0.588. The van der Waals surface area contributed by atoms with Crippen molar-refractivity contribution in [3.05, 3.63) is 47.5 Å². The second-order valence-corrected chi connectivity index (χ2v) is 6.41. The molecule has 0 fully saturated rings. The van der Waals surface area contributed by atoms with Gasteiger partial charge in [0, 0.05) is 17.8 Å². The number of carbonyl (C=O) groups is 1. The number of methoxy groups -OCH3 is 3. The van der Waals surface area contributed by atoms with Crippen LogP contribution in [0.15, 0.2) is 41.5 Å². The molecule has 0 aromatic heterocycles. The summed E-state index contributed by atoms with van der Waals surface area (Å²) in [5.74, 6) is 1.40. The van der Waals surface area contributed by atoms with Gasteiger partial charge in [-0.2, -0.15) is 5.10 Å². The summed E-state index contributed by atoms with van der Waals surface area (Å²) < 4.78 is 15.9. The number of hydrogen-bond acceptors (Lipinski definition) is 6. The standard InChI is InChI=1S/C21H25N3O4/c1-26-18-11-15(12-19(27-2)21(18)28-3)13-22-23-20(25)14-24-10-6-8-16-7-4-5-9-17(16)24/h4-5,7,9,11-13H,6,8,10,14H2,1-3H3,(H,23,25)/b22-13+. The molecule has 2 aromatic carbocycles. The molecular weight excluding hydrogens is 358 g/mol. The van der Waals surface area contributed by atoms with E-state index in [1.54, 1.807) is 39.7 Å². The van der Waals surface area contributed by atoms with E-state index in [9.17, 15) is 4.79 Å². The number of aryl methyl sites for hydroxylation is 1. The highest BCUT2D eigenvalue weighted by Gasteiger charge is 2.18. The Morgan fingerprint density at radius 3 is 2.54 bits per heavy atom. The number of para-hydroxylation sites is 1. The number of carbonyl (C=O) groups excluding carboxylic acids is 1. The third kappa shape index (κ3) is 4.36. The molecule has 0 aliphatic carbocycles. The molecule has 0 saturated heterocycles. The molecule has 1 aliphatic rings. The van der Waals surface area contributed by atoms with Crippen LogP contribution < -0.4 is 24.5 Å². The van der Waals surface area contributed by atoms with Crippen molar-refractivity contribution < 1.29 is 19.0 Å². The summed E-state index contributed by atoms with van der Waals surface area (Å²) >= 11 is 0. The minimum absolute atomic E-state index is 0.166. The van der Waals surface area contributed by atoms with Crippen LogP contribution in [0.3, 0.4) is 0 Å². The Kier molecular flexibility index (Phi) is 6.37. The second-order valence-electron chi connectivity index (χ2n) is 6.41. The van der Waals surface area contributed by atoms with Crippen LogP contribution in [-0.4, -0.2) is 46.5 Å². The van der Waals surface area contributed by atoms with Gasteiger partial charge in [0.05, 0.1) is 34.1 Å². The highest BCUT2D eigenvalue weighted by atomic mass is 16.5. The van der Waals surface area contributed by atoms with Gasteiger partial charge in [-0.1, -0.05) is 18.2 Å². The lowest BCUT2D eigenvalue weighted by atomic mass is 10.0. The first-order valence-corrected chi connectivity index (χ1v) is 9.11. The minimum atomic E-state index is -0.166. The van der Waals surface area contributed by atoms with Gasteiger partial charge in [-0.25, -0.2) is 5.43 Å². The molecule has 0 bridgehead atoms. The van der Waals surface area contributed by atoms with Crippen LogP contribution in [0.1, 0.15) is 17.5 Å². The van der Waals surface area contributed by atoms with Gasteiger partial charge >= 0.3 is 0 Å². The first-order valence-electron chi connectivity index (χ1n) is 9.11. The van der Waals surface area contributed by atoms with Crippen LogP contribution in [0, 0.1) is 0 Å². The van der Waals surface area contributed by atoms with Crippen LogP contribution in [0.25, 0.3) is 0 Å². The van der Waals surface area contributed by atoms with Crippen LogP contribution in [0.4, 0.5) is 5.69 Å². The van der Waals surface area contributed by atoms with Crippen LogP contribution in [0.5, 0.6) is 17.2 Å². The Labute approximate surface area is 164 Å². The van der Waals surface area contributed by atoms with Gasteiger partial charge < -0.3 is 19.1 Å². The van der Waals surface area contributed by atoms with Crippen LogP contribution >= 0.6 is 0 Å². The summed E-state index contributed by atoms with van der Waals surface area (Å²) in [4.78, 5) is 14.4. The summed E-state index contributed by atoms with van der Waals surface area (Å²) in [7, 11) is 4.65. The lowest BCUT2D eigenvalue weighted by Gasteiger charge is -2.30. The van der Waals surface area contributed by atoms with Crippen molar-refractivity contribution >= 4 is 17.8 Å². The third-order valence-electron chi connectivity index (χ3n) is 4.63. The number of amides is 1. The molecule has 1 amide bonds. The van der Waals surface area contributed by atoms with E-state index in [1.807, 2.05) is 12.1 Å². The van der Waals surface area contributed by atoms with Gasteiger partial charge in [0.1, 0.15) is 0 Å². The lowest BCUT2D eigenvalue weighted by Crippen LogP contribution is -2.38. The number of rotatable bonds is 7. The summed E-state index contributed by atoms with van der Waals surface area (Å²) in [5.41, 5.74) is 5.71. The fraction of sp³-hybridized carbons (Fsp3) is 0.333. The van der Waals surface area contributed by atoms with Crippen LogP contribution in [-0.2, 0) is 11.2 Å². The average Bonchev–Trinajstić information content (AvgIpc) is 2.73. The molecule has 7 heteroatoms. The molecule has 148 valence electrons. The van der Waals surface area contributed by atoms with Crippen molar-refractivity contribution in [2.75, 3.05) is 39.3 Å². The van der Waals surface area contributed by atoms with Crippen molar-refractivity contribution in [3.8, 4) is 17.2 Å². The largest absolute Gasteiger partial charge is 0.493 e. The first-order chi connectivity index (χ1) is 13.7. The molecule has 0 spiro atoms. The number of nitrogens with zero attached hydrogens (tertiary/aromatic N) is 2. The topological polar surface area (TPSA) is 72.4 Å². The number of benzene rings is 2. The summed E-state index contributed by atoms with van der Waals surface area (Å²) in [6, 6.07) is 11.7. The molecule has 0 atom stereocenters. The molecule has 0 radical (unpaired) electrons. The summed E-state index contributed by atoms with van der Waals surface area (Å²) in [6.45, 7) is 1.13. The van der Waals surface area contributed by atoms with Gasteiger partial charge in [0.2, 0.25) is 5.75 Å². The molecule has 1 N–H and O–H groups in total. The Morgan fingerprint density at radius 1 is 1.14 bits per heavy atom. The summed E-state index contributed by atoms with van der Waals surface area (Å²) in [6.07, 6.45) is 3.64. The van der Waals surface area contributed by atoms with E-state index in [2.05, 4.69) is 27.6 Å². The van der Waals surface area contributed by atoms with Crippen molar-refractivity contribution in [1.29, 1.82) is 0 Å². The monoisotopic (exact) mass is 383 g/mol. The Hall–Kier alpha value is -3.22. The zero-order valence-electron chi connectivity index (χ0n) is 16.4. The van der Waals surface area contributed by atoms with Crippen LogP contribution in [0.2, 0.25) is 0 Å². The molecule has 0 unspecified atom stereocenters. The number of ether oxygens (including phenoxy) is 3. The maximum atomic E-state index is 12.3. The predicted molar refractivity (Wildman–Crippen MR) is 109 cm³/mol. The smallest absolute Gasteiger partial charge is 0.259 e. The molecule has 2 aromatic rings.